The van der Waals surface area contributed by atoms with E-state index in [0.717, 1.165) is 11.1 Å². The van der Waals surface area contributed by atoms with E-state index < -0.39 is 20.0 Å². The Kier molecular flexibility index (Phi) is 13.2. The molecule has 0 fully saturated rings. The highest BCUT2D eigenvalue weighted by molar-refractivity contribution is 8.76. The third-order valence-corrected chi connectivity index (χ3v) is 11.0. The van der Waals surface area contributed by atoms with Gasteiger partial charge in [-0.2, -0.15) is 0 Å². The standard InChI is InChI=1S/C24H36N2O6S4/c1-19-7-11-23(12-8-19)35(29,30)25-21(5-3-15-27)17-33-34-18-22(6-4-16-28)26-36(31,32)24-13-9-20(2)10-14-24/h7-14,21-22,25-28H,3-6,15-18H2,1-2H3/t21-,22-/m0/s1. The zero-order chi connectivity index (χ0) is 26.6. The van der Waals surface area contributed by atoms with Crippen molar-refractivity contribution in [3.63, 3.8) is 0 Å². The number of aryl methyl sites for hydroxylation is 2. The maximum Gasteiger partial charge on any atom is 0.240 e. The smallest absolute Gasteiger partial charge is 0.240 e. The van der Waals surface area contributed by atoms with Crippen molar-refractivity contribution in [3.05, 3.63) is 59.7 Å². The molecular formula is C24H36N2O6S4. The molecule has 12 heteroatoms. The molecule has 2 aromatic rings. The fourth-order valence-electron chi connectivity index (χ4n) is 3.30. The largest absolute Gasteiger partial charge is 0.396 e. The molecule has 0 amide bonds. The first-order valence-corrected chi connectivity index (χ1v) is 17.2. The predicted octanol–water partition coefficient (Wildman–Crippen LogP) is 3.22. The fraction of sp³-hybridized carbons (Fsp3) is 0.500. The van der Waals surface area contributed by atoms with Gasteiger partial charge in [0.1, 0.15) is 0 Å². The maximum atomic E-state index is 12.8. The first-order valence-electron chi connectivity index (χ1n) is 11.7. The van der Waals surface area contributed by atoms with Crippen LogP contribution in [0.3, 0.4) is 0 Å². The summed E-state index contributed by atoms with van der Waals surface area (Å²) >= 11 is 0. The molecule has 0 heterocycles. The van der Waals surface area contributed by atoms with Crippen LogP contribution in [-0.4, -0.2) is 63.9 Å². The molecule has 2 rings (SSSR count). The molecule has 4 N–H and O–H groups in total. The molecule has 2 atom stereocenters. The second-order valence-electron chi connectivity index (χ2n) is 8.56. The topological polar surface area (TPSA) is 133 Å². The second kappa shape index (κ2) is 15.3. The zero-order valence-electron chi connectivity index (χ0n) is 20.6. The lowest BCUT2D eigenvalue weighted by Crippen LogP contribution is -2.37. The van der Waals surface area contributed by atoms with Gasteiger partial charge in [-0.15, -0.1) is 0 Å². The molecular weight excluding hydrogens is 541 g/mol. The Balaban J connectivity index is 1.96. The summed E-state index contributed by atoms with van der Waals surface area (Å²) in [6, 6.07) is 12.4. The van der Waals surface area contributed by atoms with Gasteiger partial charge in [-0.25, -0.2) is 26.3 Å². The number of hydrogen-bond donors (Lipinski definition) is 4. The zero-order valence-corrected chi connectivity index (χ0v) is 23.9. The summed E-state index contributed by atoms with van der Waals surface area (Å²) in [7, 11) is -4.51. The summed E-state index contributed by atoms with van der Waals surface area (Å²) in [6.07, 6.45) is 1.87. The molecule has 8 nitrogen and oxygen atoms in total. The Morgan fingerprint density at radius 3 is 1.31 bits per heavy atom. The maximum absolute atomic E-state index is 12.8. The van der Waals surface area contributed by atoms with E-state index in [4.69, 9.17) is 0 Å². The Bertz CT molecular complexity index is 1030. The second-order valence-corrected chi connectivity index (χ2v) is 14.5. The Hall–Kier alpha value is -1.12. The van der Waals surface area contributed by atoms with Crippen molar-refractivity contribution >= 4 is 41.6 Å². The quantitative estimate of drug-likeness (QED) is 0.167. The molecule has 0 saturated carbocycles. The van der Waals surface area contributed by atoms with E-state index >= 15 is 0 Å². The molecule has 0 aromatic heterocycles. The van der Waals surface area contributed by atoms with E-state index in [1.807, 2.05) is 13.8 Å². The van der Waals surface area contributed by atoms with Gasteiger partial charge in [-0.3, -0.25) is 0 Å². The van der Waals surface area contributed by atoms with Gasteiger partial charge in [0.05, 0.1) is 9.79 Å². The van der Waals surface area contributed by atoms with E-state index in [2.05, 4.69) is 9.44 Å². The van der Waals surface area contributed by atoms with Crippen LogP contribution < -0.4 is 9.44 Å². The number of rotatable bonds is 17. The number of sulfonamides is 2. The summed E-state index contributed by atoms with van der Waals surface area (Å²) in [5.41, 5.74) is 1.93. The Labute approximate surface area is 223 Å². The molecule has 2 aromatic carbocycles. The normalized spacial score (nSPS) is 14.0. The fourth-order valence-corrected chi connectivity index (χ4v) is 8.63. The van der Waals surface area contributed by atoms with Gasteiger partial charge in [0, 0.05) is 36.8 Å². The van der Waals surface area contributed by atoms with E-state index in [9.17, 15) is 27.0 Å². The van der Waals surface area contributed by atoms with E-state index in [0.29, 0.717) is 37.2 Å². The third-order valence-electron chi connectivity index (χ3n) is 5.35. The van der Waals surface area contributed by atoms with Crippen molar-refractivity contribution < 1.29 is 27.0 Å². The molecule has 36 heavy (non-hydrogen) atoms. The van der Waals surface area contributed by atoms with Crippen LogP contribution in [0.5, 0.6) is 0 Å². The number of nitrogens with one attached hydrogen (secondary N) is 2. The lowest BCUT2D eigenvalue weighted by atomic mass is 10.2. The summed E-state index contributed by atoms with van der Waals surface area (Å²) in [5.74, 6) is 0.903. The van der Waals surface area contributed by atoms with Gasteiger partial charge < -0.3 is 10.2 Å². The van der Waals surface area contributed by atoms with E-state index in [1.165, 1.54) is 21.6 Å². The highest BCUT2D eigenvalue weighted by Gasteiger charge is 2.22. The molecule has 0 aliphatic heterocycles. The van der Waals surface area contributed by atoms with Crippen molar-refractivity contribution in [3.8, 4) is 0 Å². The Morgan fingerprint density at radius 1 is 0.667 bits per heavy atom. The van der Waals surface area contributed by atoms with Crippen LogP contribution in [0.25, 0.3) is 0 Å². The predicted molar refractivity (Wildman–Crippen MR) is 148 cm³/mol. The monoisotopic (exact) mass is 576 g/mol. The highest BCUT2D eigenvalue weighted by atomic mass is 33.1. The van der Waals surface area contributed by atoms with Gasteiger partial charge in [0.2, 0.25) is 20.0 Å². The van der Waals surface area contributed by atoms with E-state index in [-0.39, 0.29) is 35.1 Å². The van der Waals surface area contributed by atoms with Crippen LogP contribution in [0.15, 0.2) is 58.3 Å². The number of hydrogen-bond acceptors (Lipinski definition) is 8. The van der Waals surface area contributed by atoms with Crippen LogP contribution in [0.4, 0.5) is 0 Å². The minimum atomic E-state index is -3.70. The van der Waals surface area contributed by atoms with Crippen LogP contribution in [0, 0.1) is 13.8 Å². The molecule has 0 bridgehead atoms. The first-order chi connectivity index (χ1) is 17.1. The van der Waals surface area contributed by atoms with Gasteiger partial charge in [0.25, 0.3) is 0 Å². The summed E-state index contributed by atoms with van der Waals surface area (Å²) in [6.45, 7) is 3.70. The molecule has 0 unspecified atom stereocenters. The van der Waals surface area contributed by atoms with E-state index in [1.54, 1.807) is 48.5 Å². The van der Waals surface area contributed by atoms with Crippen molar-refractivity contribution in [2.75, 3.05) is 24.7 Å². The van der Waals surface area contributed by atoms with Crippen LogP contribution in [0.1, 0.15) is 36.8 Å². The summed E-state index contributed by atoms with van der Waals surface area (Å²) in [5, 5.41) is 18.5. The molecule has 0 aliphatic rings. The molecule has 0 spiro atoms. The van der Waals surface area contributed by atoms with Crippen molar-refractivity contribution in [2.24, 2.45) is 0 Å². The summed E-state index contributed by atoms with van der Waals surface area (Å²) in [4.78, 5) is 0.378. The lowest BCUT2D eigenvalue weighted by molar-refractivity contribution is 0.279. The average molecular weight is 577 g/mol. The van der Waals surface area contributed by atoms with Crippen LogP contribution in [-0.2, 0) is 20.0 Å². The van der Waals surface area contributed by atoms with Crippen LogP contribution >= 0.6 is 21.6 Å². The number of benzene rings is 2. The summed E-state index contributed by atoms with van der Waals surface area (Å²) < 4.78 is 56.7. The molecule has 0 aliphatic carbocycles. The van der Waals surface area contributed by atoms with Crippen molar-refractivity contribution in [2.45, 2.75) is 61.4 Å². The Morgan fingerprint density at radius 2 is 1.00 bits per heavy atom. The minimum Gasteiger partial charge on any atom is -0.396 e. The molecule has 0 radical (unpaired) electrons. The van der Waals surface area contributed by atoms with Gasteiger partial charge in [-0.1, -0.05) is 57.0 Å². The van der Waals surface area contributed by atoms with Gasteiger partial charge in [-0.05, 0) is 63.8 Å². The average Bonchev–Trinajstić information content (AvgIpc) is 2.83. The van der Waals surface area contributed by atoms with Gasteiger partial charge >= 0.3 is 0 Å². The SMILES string of the molecule is Cc1ccc(S(=O)(=O)N[C@@H](CCCO)CSSC[C@H](CCCO)NS(=O)(=O)c2ccc(C)cc2)cc1. The number of aliphatic hydroxyl groups excluding tert-OH is 2. The molecule has 202 valence electrons. The highest BCUT2D eigenvalue weighted by Crippen LogP contribution is 2.26. The first kappa shape index (κ1) is 31.1. The molecule has 0 saturated heterocycles. The van der Waals surface area contributed by atoms with Crippen molar-refractivity contribution in [1.82, 2.24) is 9.44 Å². The van der Waals surface area contributed by atoms with Crippen molar-refractivity contribution in [1.29, 1.82) is 0 Å². The number of aliphatic hydroxyl groups is 2. The van der Waals surface area contributed by atoms with Crippen LogP contribution in [0.2, 0.25) is 0 Å². The minimum absolute atomic E-state index is 0.0371. The van der Waals surface area contributed by atoms with Gasteiger partial charge in [0.15, 0.2) is 0 Å². The third kappa shape index (κ3) is 10.7. The lowest BCUT2D eigenvalue weighted by Gasteiger charge is -2.20.